The molecular weight excluding hydrogens is 362 g/mol. The number of carboxylic acid groups (broad SMARTS) is 1. The van der Waals surface area contributed by atoms with E-state index in [1.807, 2.05) is 18.2 Å². The van der Waals surface area contributed by atoms with Crippen molar-refractivity contribution in [1.82, 2.24) is 5.32 Å². The molecule has 0 radical (unpaired) electrons. The second-order valence-corrected chi connectivity index (χ2v) is 7.40. The van der Waals surface area contributed by atoms with Crippen molar-refractivity contribution in [3.63, 3.8) is 0 Å². The van der Waals surface area contributed by atoms with E-state index in [1.54, 1.807) is 0 Å². The Morgan fingerprint density at radius 3 is 2.93 bits per heavy atom. The molecule has 4 nitrogen and oxygen atoms in total. The van der Waals surface area contributed by atoms with Crippen LogP contribution in [-0.2, 0) is 30.7 Å². The Labute approximate surface area is 165 Å². The number of hydrogen-bond acceptors (Lipinski definition) is 3. The fraction of sp³-hybridized carbons (Fsp3) is 0.409. The number of halogens is 1. The molecule has 1 atom stereocenters. The predicted molar refractivity (Wildman–Crippen MR) is 108 cm³/mol. The van der Waals surface area contributed by atoms with Crippen molar-refractivity contribution in [2.24, 2.45) is 0 Å². The maximum Gasteiger partial charge on any atom is 0.304 e. The standard InChI is InChI=1S/C22H26ClNO3/c1-2-15-4-3-5-21(23)20(15)14-27-19-9-7-16-12-18(8-6-17(16)13-19)24-11-10-22(25)26/h3-5,7,9,13,18,24H,2,6,8,10-12,14H2,1H3,(H,25,26). The van der Waals surface area contributed by atoms with Crippen LogP contribution in [0.2, 0.25) is 5.02 Å². The van der Waals surface area contributed by atoms with Crippen LogP contribution in [0, 0.1) is 0 Å². The first-order chi connectivity index (χ1) is 13.1. The van der Waals surface area contributed by atoms with E-state index in [1.165, 1.54) is 16.7 Å². The average Bonchev–Trinajstić information content (AvgIpc) is 2.66. The van der Waals surface area contributed by atoms with Crippen LogP contribution in [0.1, 0.15) is 42.0 Å². The van der Waals surface area contributed by atoms with Crippen molar-refractivity contribution < 1.29 is 14.6 Å². The summed E-state index contributed by atoms with van der Waals surface area (Å²) in [5.41, 5.74) is 4.91. The number of aryl methyl sites for hydroxylation is 2. The summed E-state index contributed by atoms with van der Waals surface area (Å²) >= 11 is 6.34. The van der Waals surface area contributed by atoms with Crippen molar-refractivity contribution in [2.45, 2.75) is 51.7 Å². The number of hydrogen-bond donors (Lipinski definition) is 2. The van der Waals surface area contributed by atoms with Crippen LogP contribution in [0.15, 0.2) is 36.4 Å². The first-order valence-electron chi connectivity index (χ1n) is 9.53. The number of rotatable bonds is 8. The van der Waals surface area contributed by atoms with E-state index in [-0.39, 0.29) is 6.42 Å². The molecule has 2 aromatic carbocycles. The van der Waals surface area contributed by atoms with Crippen LogP contribution in [-0.4, -0.2) is 23.7 Å². The number of nitrogens with one attached hydrogen (secondary N) is 1. The smallest absolute Gasteiger partial charge is 0.304 e. The van der Waals surface area contributed by atoms with Crippen LogP contribution in [0.4, 0.5) is 0 Å². The van der Waals surface area contributed by atoms with Crippen molar-refractivity contribution in [3.8, 4) is 5.75 Å². The minimum Gasteiger partial charge on any atom is -0.489 e. The van der Waals surface area contributed by atoms with Gasteiger partial charge in [-0.3, -0.25) is 4.79 Å². The summed E-state index contributed by atoms with van der Waals surface area (Å²) in [7, 11) is 0. The van der Waals surface area contributed by atoms with Crippen LogP contribution < -0.4 is 10.1 Å². The Morgan fingerprint density at radius 1 is 1.30 bits per heavy atom. The third-order valence-corrected chi connectivity index (χ3v) is 5.51. The lowest BCUT2D eigenvalue weighted by atomic mass is 9.88. The molecule has 0 aromatic heterocycles. The van der Waals surface area contributed by atoms with Gasteiger partial charge in [0.05, 0.1) is 6.42 Å². The van der Waals surface area contributed by atoms with Gasteiger partial charge >= 0.3 is 5.97 Å². The van der Waals surface area contributed by atoms with E-state index < -0.39 is 5.97 Å². The fourth-order valence-electron chi connectivity index (χ4n) is 3.63. The topological polar surface area (TPSA) is 58.6 Å². The average molecular weight is 388 g/mol. The summed E-state index contributed by atoms with van der Waals surface area (Å²) in [6, 6.07) is 12.6. The Hall–Kier alpha value is -2.04. The SMILES string of the molecule is CCc1cccc(Cl)c1COc1ccc2c(c1)CCC(NCCC(=O)O)C2. The molecule has 1 aliphatic carbocycles. The van der Waals surface area contributed by atoms with Crippen molar-refractivity contribution >= 4 is 17.6 Å². The minimum atomic E-state index is -0.759. The molecule has 0 fully saturated rings. The Balaban J connectivity index is 1.60. The molecule has 144 valence electrons. The molecule has 1 unspecified atom stereocenters. The van der Waals surface area contributed by atoms with Crippen molar-refractivity contribution in [2.75, 3.05) is 6.54 Å². The van der Waals surface area contributed by atoms with E-state index in [0.717, 1.165) is 42.0 Å². The first kappa shape index (κ1) is 19.7. The first-order valence-corrected chi connectivity index (χ1v) is 9.90. The van der Waals surface area contributed by atoms with Crippen LogP contribution in [0.3, 0.4) is 0 Å². The molecule has 5 heteroatoms. The summed E-state index contributed by atoms with van der Waals surface area (Å²) in [4.78, 5) is 10.6. The van der Waals surface area contributed by atoms with Crippen molar-refractivity contribution in [1.29, 1.82) is 0 Å². The van der Waals surface area contributed by atoms with Gasteiger partial charge in [0.2, 0.25) is 0 Å². The molecule has 1 aliphatic rings. The highest BCUT2D eigenvalue weighted by Crippen LogP contribution is 2.28. The second kappa shape index (κ2) is 9.25. The van der Waals surface area contributed by atoms with Gasteiger partial charge in [-0.25, -0.2) is 0 Å². The number of ether oxygens (including phenoxy) is 1. The molecule has 0 amide bonds. The van der Waals surface area contributed by atoms with E-state index in [2.05, 4.69) is 30.4 Å². The quantitative estimate of drug-likeness (QED) is 0.704. The highest BCUT2D eigenvalue weighted by molar-refractivity contribution is 6.31. The Kier molecular flexibility index (Phi) is 6.75. The molecule has 2 N–H and O–H groups in total. The molecule has 2 aromatic rings. The number of benzene rings is 2. The zero-order valence-corrected chi connectivity index (χ0v) is 16.4. The van der Waals surface area contributed by atoms with Gasteiger partial charge in [-0.2, -0.15) is 0 Å². The molecule has 0 heterocycles. The zero-order valence-electron chi connectivity index (χ0n) is 15.6. The molecular formula is C22H26ClNO3. The Bertz CT molecular complexity index is 806. The van der Waals surface area contributed by atoms with Crippen LogP contribution in [0.5, 0.6) is 5.75 Å². The summed E-state index contributed by atoms with van der Waals surface area (Å²) in [6.45, 7) is 3.12. The zero-order chi connectivity index (χ0) is 19.2. The normalized spacial score (nSPS) is 16.0. The number of carbonyl (C=O) groups is 1. The van der Waals surface area contributed by atoms with Gasteiger partial charge in [-0.1, -0.05) is 36.7 Å². The molecule has 0 bridgehead atoms. The highest BCUT2D eigenvalue weighted by atomic mass is 35.5. The highest BCUT2D eigenvalue weighted by Gasteiger charge is 2.19. The molecule has 0 spiro atoms. The molecule has 3 rings (SSSR count). The van der Waals surface area contributed by atoms with Gasteiger partial charge in [0.1, 0.15) is 12.4 Å². The van der Waals surface area contributed by atoms with Gasteiger partial charge in [0, 0.05) is 23.2 Å². The number of carboxylic acids is 1. The third kappa shape index (κ3) is 5.24. The second-order valence-electron chi connectivity index (χ2n) is 6.99. The van der Waals surface area contributed by atoms with Crippen molar-refractivity contribution in [3.05, 3.63) is 63.7 Å². The minimum absolute atomic E-state index is 0.165. The van der Waals surface area contributed by atoms with E-state index in [9.17, 15) is 4.79 Å². The maximum atomic E-state index is 10.6. The lowest BCUT2D eigenvalue weighted by molar-refractivity contribution is -0.136. The van der Waals surface area contributed by atoms with Gasteiger partial charge in [0.25, 0.3) is 0 Å². The third-order valence-electron chi connectivity index (χ3n) is 5.16. The lowest BCUT2D eigenvalue weighted by Gasteiger charge is -2.26. The van der Waals surface area contributed by atoms with Crippen LogP contribution in [0.25, 0.3) is 0 Å². The molecule has 0 saturated carbocycles. The summed E-state index contributed by atoms with van der Waals surface area (Å²) in [5, 5.41) is 12.9. The molecule has 0 aliphatic heterocycles. The predicted octanol–water partition coefficient (Wildman–Crippen LogP) is 4.40. The molecule has 27 heavy (non-hydrogen) atoms. The lowest BCUT2D eigenvalue weighted by Crippen LogP contribution is -2.35. The molecule has 0 saturated heterocycles. The fourth-order valence-corrected chi connectivity index (χ4v) is 3.88. The summed E-state index contributed by atoms with van der Waals surface area (Å²) in [6.07, 6.45) is 4.02. The largest absolute Gasteiger partial charge is 0.489 e. The Morgan fingerprint density at radius 2 is 2.15 bits per heavy atom. The van der Waals surface area contributed by atoms with E-state index >= 15 is 0 Å². The van der Waals surface area contributed by atoms with E-state index in [0.29, 0.717) is 19.2 Å². The van der Waals surface area contributed by atoms with Gasteiger partial charge in [-0.15, -0.1) is 0 Å². The van der Waals surface area contributed by atoms with Gasteiger partial charge < -0.3 is 15.2 Å². The van der Waals surface area contributed by atoms with Gasteiger partial charge in [-0.05, 0) is 60.6 Å². The maximum absolute atomic E-state index is 10.6. The number of aliphatic carboxylic acids is 1. The summed E-state index contributed by atoms with van der Waals surface area (Å²) in [5.74, 6) is 0.109. The monoisotopic (exact) mass is 387 g/mol. The number of fused-ring (bicyclic) bond motifs is 1. The van der Waals surface area contributed by atoms with E-state index in [4.69, 9.17) is 21.4 Å². The summed E-state index contributed by atoms with van der Waals surface area (Å²) < 4.78 is 6.03. The van der Waals surface area contributed by atoms with Crippen LogP contribution >= 0.6 is 11.6 Å². The van der Waals surface area contributed by atoms with Gasteiger partial charge in [0.15, 0.2) is 0 Å².